The van der Waals surface area contributed by atoms with Gasteiger partial charge in [0.2, 0.25) is 5.91 Å². The summed E-state index contributed by atoms with van der Waals surface area (Å²) >= 11 is 3.47. The van der Waals surface area contributed by atoms with Crippen LogP contribution < -0.4 is 10.1 Å². The van der Waals surface area contributed by atoms with Gasteiger partial charge in [0.15, 0.2) is 6.61 Å². The number of ether oxygens (including phenoxy) is 1. The molecular formula is C30H35BrN2O3. The molecule has 0 saturated carbocycles. The van der Waals surface area contributed by atoms with E-state index in [0.717, 1.165) is 26.7 Å². The van der Waals surface area contributed by atoms with Crippen LogP contribution >= 0.6 is 15.9 Å². The molecule has 1 unspecified atom stereocenters. The van der Waals surface area contributed by atoms with E-state index in [9.17, 15) is 9.59 Å². The Bertz CT molecular complexity index is 1150. The summed E-state index contributed by atoms with van der Waals surface area (Å²) in [6.45, 7) is 9.94. The predicted octanol–water partition coefficient (Wildman–Crippen LogP) is 6.00. The van der Waals surface area contributed by atoms with Crippen LogP contribution in [-0.2, 0) is 22.6 Å². The van der Waals surface area contributed by atoms with E-state index in [1.165, 1.54) is 0 Å². The Morgan fingerprint density at radius 1 is 0.917 bits per heavy atom. The zero-order chi connectivity index (χ0) is 26.3. The maximum absolute atomic E-state index is 13.7. The second kappa shape index (κ2) is 12.2. The number of halogens is 1. The fourth-order valence-corrected chi connectivity index (χ4v) is 4.30. The second-order valence-corrected chi connectivity index (χ2v) is 11.1. The quantitative estimate of drug-likeness (QED) is 0.355. The first-order valence-corrected chi connectivity index (χ1v) is 12.9. The highest BCUT2D eigenvalue weighted by Gasteiger charge is 2.32. The largest absolute Gasteiger partial charge is 0.484 e. The topological polar surface area (TPSA) is 58.6 Å². The maximum Gasteiger partial charge on any atom is 0.261 e. The van der Waals surface area contributed by atoms with Crippen LogP contribution in [-0.4, -0.2) is 34.9 Å². The summed E-state index contributed by atoms with van der Waals surface area (Å²) in [6.07, 6.45) is 0.397. The molecule has 0 bridgehead atoms. The van der Waals surface area contributed by atoms with Gasteiger partial charge in [-0.3, -0.25) is 9.59 Å². The monoisotopic (exact) mass is 550 g/mol. The summed E-state index contributed by atoms with van der Waals surface area (Å²) in [6, 6.07) is 22.7. The van der Waals surface area contributed by atoms with Crippen molar-refractivity contribution in [3.05, 3.63) is 99.5 Å². The summed E-state index contributed by atoms with van der Waals surface area (Å²) < 4.78 is 6.87. The molecule has 0 radical (unpaired) electrons. The minimum Gasteiger partial charge on any atom is -0.484 e. The third kappa shape index (κ3) is 8.52. The van der Waals surface area contributed by atoms with Gasteiger partial charge in [-0.2, -0.15) is 0 Å². The van der Waals surface area contributed by atoms with Crippen molar-refractivity contribution < 1.29 is 14.3 Å². The van der Waals surface area contributed by atoms with Gasteiger partial charge >= 0.3 is 0 Å². The number of nitrogens with zero attached hydrogens (tertiary/aromatic N) is 1. The van der Waals surface area contributed by atoms with Crippen LogP contribution in [0, 0.1) is 13.8 Å². The fraction of sp³-hybridized carbons (Fsp3) is 0.333. The second-order valence-electron chi connectivity index (χ2n) is 10.2. The predicted molar refractivity (Wildman–Crippen MR) is 148 cm³/mol. The number of amides is 2. The molecule has 0 aliphatic carbocycles. The number of nitrogens with one attached hydrogen (secondary N) is 1. The molecule has 2 amide bonds. The molecule has 0 spiro atoms. The van der Waals surface area contributed by atoms with Crippen LogP contribution in [0.4, 0.5) is 0 Å². The fourth-order valence-electron chi connectivity index (χ4n) is 4.04. The summed E-state index contributed by atoms with van der Waals surface area (Å²) in [7, 11) is 0. The van der Waals surface area contributed by atoms with Crippen molar-refractivity contribution in [1.29, 1.82) is 0 Å². The van der Waals surface area contributed by atoms with Gasteiger partial charge < -0.3 is 15.0 Å². The van der Waals surface area contributed by atoms with Crippen molar-refractivity contribution in [3.63, 3.8) is 0 Å². The number of aryl methyl sites for hydroxylation is 2. The lowest BCUT2D eigenvalue weighted by Crippen LogP contribution is -2.55. The third-order valence-corrected chi connectivity index (χ3v) is 6.12. The number of hydrogen-bond acceptors (Lipinski definition) is 3. The highest BCUT2D eigenvalue weighted by Crippen LogP contribution is 2.20. The van der Waals surface area contributed by atoms with Crippen LogP contribution in [0.3, 0.4) is 0 Å². The van der Waals surface area contributed by atoms with Gasteiger partial charge in [0, 0.05) is 23.0 Å². The lowest BCUT2D eigenvalue weighted by Gasteiger charge is -2.33. The van der Waals surface area contributed by atoms with Crippen LogP contribution in [0.1, 0.15) is 43.0 Å². The molecular weight excluding hydrogens is 516 g/mol. The van der Waals surface area contributed by atoms with Crippen molar-refractivity contribution in [3.8, 4) is 5.75 Å². The van der Waals surface area contributed by atoms with Crippen LogP contribution in [0.5, 0.6) is 5.75 Å². The minimum absolute atomic E-state index is 0.159. The normalized spacial score (nSPS) is 12.1. The summed E-state index contributed by atoms with van der Waals surface area (Å²) in [4.78, 5) is 28.9. The van der Waals surface area contributed by atoms with E-state index in [1.54, 1.807) is 4.90 Å². The number of carbonyl (C=O) groups is 2. The average Bonchev–Trinajstić information content (AvgIpc) is 2.80. The molecule has 6 heteroatoms. The van der Waals surface area contributed by atoms with Gasteiger partial charge in [-0.25, -0.2) is 0 Å². The maximum atomic E-state index is 13.7. The van der Waals surface area contributed by atoms with Crippen molar-refractivity contribution in [1.82, 2.24) is 10.2 Å². The molecule has 0 aliphatic heterocycles. The van der Waals surface area contributed by atoms with Crippen LogP contribution in [0.25, 0.3) is 0 Å². The highest BCUT2D eigenvalue weighted by molar-refractivity contribution is 9.10. The Morgan fingerprint density at radius 3 is 2.11 bits per heavy atom. The van der Waals surface area contributed by atoms with Crippen LogP contribution in [0.15, 0.2) is 77.3 Å². The molecule has 36 heavy (non-hydrogen) atoms. The van der Waals surface area contributed by atoms with Gasteiger partial charge in [0.25, 0.3) is 5.91 Å². The van der Waals surface area contributed by atoms with Crippen molar-refractivity contribution >= 4 is 27.7 Å². The molecule has 0 heterocycles. The molecule has 3 rings (SSSR count). The summed E-state index contributed by atoms with van der Waals surface area (Å²) in [5, 5.41) is 3.08. The number of rotatable bonds is 9. The Balaban J connectivity index is 1.93. The molecule has 0 aromatic heterocycles. The molecule has 190 valence electrons. The zero-order valence-electron chi connectivity index (χ0n) is 21.7. The minimum atomic E-state index is -0.703. The molecule has 3 aromatic carbocycles. The molecule has 1 N–H and O–H groups in total. The standard InChI is InChI=1S/C30H35BrN2O3/c1-21-15-22(2)17-26(16-21)36-20-28(34)33(19-24-11-13-25(31)14-12-24)27(29(35)32-30(3,4)5)18-23-9-7-6-8-10-23/h6-17,27H,18-20H2,1-5H3,(H,32,35). The van der Waals surface area contributed by atoms with Crippen LogP contribution in [0.2, 0.25) is 0 Å². The lowest BCUT2D eigenvalue weighted by molar-refractivity contribution is -0.143. The van der Waals surface area contributed by atoms with E-state index in [-0.39, 0.29) is 25.0 Å². The van der Waals surface area contributed by atoms with E-state index in [4.69, 9.17) is 4.74 Å². The van der Waals surface area contributed by atoms with Crippen molar-refractivity contribution in [2.75, 3.05) is 6.61 Å². The molecule has 0 aliphatic rings. The zero-order valence-corrected chi connectivity index (χ0v) is 23.3. The van der Waals surface area contributed by atoms with Gasteiger partial charge in [0.1, 0.15) is 11.8 Å². The molecule has 0 saturated heterocycles. The summed E-state index contributed by atoms with van der Waals surface area (Å²) in [5.74, 6) is 0.202. The lowest BCUT2D eigenvalue weighted by atomic mass is 10.0. The number of carbonyl (C=O) groups excluding carboxylic acids is 2. The van der Waals surface area contributed by atoms with Gasteiger partial charge in [-0.15, -0.1) is 0 Å². The van der Waals surface area contributed by atoms with Gasteiger partial charge in [-0.05, 0) is 81.1 Å². The first-order chi connectivity index (χ1) is 17.0. The van der Waals surface area contributed by atoms with E-state index in [2.05, 4.69) is 27.3 Å². The molecule has 5 nitrogen and oxygen atoms in total. The van der Waals surface area contributed by atoms with E-state index < -0.39 is 11.6 Å². The molecule has 3 aromatic rings. The molecule has 0 fully saturated rings. The first-order valence-electron chi connectivity index (χ1n) is 12.1. The Hall–Kier alpha value is -3.12. The van der Waals surface area contributed by atoms with Crippen molar-refractivity contribution in [2.24, 2.45) is 0 Å². The summed E-state index contributed by atoms with van der Waals surface area (Å²) in [5.41, 5.74) is 3.61. The van der Waals surface area contributed by atoms with Gasteiger partial charge in [0.05, 0.1) is 0 Å². The Labute approximate surface area is 223 Å². The van der Waals surface area contributed by atoms with E-state index >= 15 is 0 Å². The number of hydrogen-bond donors (Lipinski definition) is 1. The van der Waals surface area contributed by atoms with Crippen molar-refractivity contribution in [2.45, 2.75) is 59.2 Å². The average molecular weight is 552 g/mol. The SMILES string of the molecule is Cc1cc(C)cc(OCC(=O)N(Cc2ccc(Br)cc2)C(Cc2ccccc2)C(=O)NC(C)(C)C)c1. The highest BCUT2D eigenvalue weighted by atomic mass is 79.9. The Morgan fingerprint density at radius 2 is 1.53 bits per heavy atom. The van der Waals surface area contributed by atoms with Gasteiger partial charge in [-0.1, -0.05) is 64.5 Å². The smallest absolute Gasteiger partial charge is 0.261 e. The third-order valence-electron chi connectivity index (χ3n) is 5.59. The van der Waals surface area contributed by atoms with E-state index in [0.29, 0.717) is 12.2 Å². The van der Waals surface area contributed by atoms with E-state index in [1.807, 2.05) is 101 Å². The molecule has 1 atom stereocenters. The first kappa shape index (κ1) is 27.5. The Kier molecular flexibility index (Phi) is 9.32. The number of benzene rings is 3.